The van der Waals surface area contributed by atoms with E-state index in [1.54, 1.807) is 32.1 Å². The maximum absolute atomic E-state index is 13.0. The number of nitrogens with zero attached hydrogens (tertiary/aromatic N) is 3. The van der Waals surface area contributed by atoms with Crippen LogP contribution >= 0.6 is 0 Å². The topological polar surface area (TPSA) is 65.8 Å². The maximum atomic E-state index is 13.0. The van der Waals surface area contributed by atoms with Gasteiger partial charge in [0, 0.05) is 18.5 Å². The molecule has 0 saturated carbocycles. The van der Waals surface area contributed by atoms with Gasteiger partial charge in [-0.15, -0.1) is 0 Å². The van der Waals surface area contributed by atoms with Crippen LogP contribution in [0.1, 0.15) is 17.7 Å². The summed E-state index contributed by atoms with van der Waals surface area (Å²) in [6.45, 7) is 4.30. The van der Waals surface area contributed by atoms with Crippen LogP contribution < -0.4 is 19.8 Å². The third kappa shape index (κ3) is 5.35. The predicted octanol–water partition coefficient (Wildman–Crippen LogP) is 3.30. The third-order valence-corrected chi connectivity index (χ3v) is 5.50. The van der Waals surface area contributed by atoms with Crippen LogP contribution in [0.4, 0.5) is 0 Å². The Hall–Kier alpha value is -3.06. The van der Waals surface area contributed by atoms with Gasteiger partial charge in [0.25, 0.3) is 5.56 Å². The van der Waals surface area contributed by atoms with Gasteiger partial charge in [0.05, 0.1) is 32.4 Å². The van der Waals surface area contributed by atoms with E-state index < -0.39 is 0 Å². The summed E-state index contributed by atoms with van der Waals surface area (Å²) in [5.41, 5.74) is 1.96. The highest BCUT2D eigenvalue weighted by molar-refractivity contribution is 5.87. The van der Waals surface area contributed by atoms with Crippen LogP contribution in [0.3, 0.4) is 0 Å². The number of benzene rings is 2. The van der Waals surface area contributed by atoms with Crippen molar-refractivity contribution in [2.24, 2.45) is 0 Å². The van der Waals surface area contributed by atoms with Crippen molar-refractivity contribution in [3.8, 4) is 17.2 Å². The molecule has 7 heteroatoms. The van der Waals surface area contributed by atoms with E-state index in [2.05, 4.69) is 29.2 Å². The zero-order valence-electron chi connectivity index (χ0n) is 19.0. The molecular weight excluding hydrogens is 394 g/mol. The molecule has 0 unspecified atom stereocenters. The lowest BCUT2D eigenvalue weighted by atomic mass is 10.1. The SMILES string of the molecule is COc1ccc(CCN(C)CCCn2nc(C)c3cc(OC)c(OC)cc3c2=O)cc1. The summed E-state index contributed by atoms with van der Waals surface area (Å²) < 4.78 is 17.5. The highest BCUT2D eigenvalue weighted by Gasteiger charge is 2.13. The molecule has 31 heavy (non-hydrogen) atoms. The minimum absolute atomic E-state index is 0.109. The average molecular weight is 426 g/mol. The number of rotatable bonds is 10. The Labute approximate surface area is 183 Å². The molecule has 0 fully saturated rings. The van der Waals surface area contributed by atoms with Crippen LogP contribution in [0, 0.1) is 6.92 Å². The van der Waals surface area contributed by atoms with E-state index in [4.69, 9.17) is 14.2 Å². The molecule has 1 heterocycles. The highest BCUT2D eigenvalue weighted by Crippen LogP contribution is 2.31. The van der Waals surface area contributed by atoms with E-state index in [0.29, 0.717) is 23.4 Å². The summed E-state index contributed by atoms with van der Waals surface area (Å²) >= 11 is 0. The fraction of sp³-hybridized carbons (Fsp3) is 0.417. The number of fused-ring (bicyclic) bond motifs is 1. The van der Waals surface area contributed by atoms with Gasteiger partial charge >= 0.3 is 0 Å². The third-order valence-electron chi connectivity index (χ3n) is 5.50. The Bertz CT molecular complexity index is 1080. The van der Waals surface area contributed by atoms with Crippen molar-refractivity contribution in [2.75, 3.05) is 41.5 Å². The maximum Gasteiger partial charge on any atom is 0.274 e. The number of hydrogen-bond donors (Lipinski definition) is 0. The largest absolute Gasteiger partial charge is 0.497 e. The molecule has 0 bridgehead atoms. The molecular formula is C24H31N3O4. The zero-order valence-corrected chi connectivity index (χ0v) is 19.0. The van der Waals surface area contributed by atoms with Gasteiger partial charge in [-0.25, -0.2) is 4.68 Å². The Kier molecular flexibility index (Phi) is 7.52. The number of methoxy groups -OCH3 is 3. The first-order chi connectivity index (χ1) is 15.0. The number of aryl methyl sites for hydroxylation is 2. The lowest BCUT2D eigenvalue weighted by Gasteiger charge is -2.17. The monoisotopic (exact) mass is 425 g/mol. The minimum atomic E-state index is -0.109. The van der Waals surface area contributed by atoms with E-state index in [9.17, 15) is 4.79 Å². The first-order valence-corrected chi connectivity index (χ1v) is 10.4. The molecule has 0 atom stereocenters. The lowest BCUT2D eigenvalue weighted by molar-refractivity contribution is 0.320. The van der Waals surface area contributed by atoms with Gasteiger partial charge < -0.3 is 19.1 Å². The second kappa shape index (κ2) is 10.3. The predicted molar refractivity (Wildman–Crippen MR) is 123 cm³/mol. The Morgan fingerprint density at radius 3 is 2.19 bits per heavy atom. The Morgan fingerprint density at radius 1 is 0.935 bits per heavy atom. The summed E-state index contributed by atoms with van der Waals surface area (Å²) in [4.78, 5) is 15.2. The molecule has 3 aromatic rings. The lowest BCUT2D eigenvalue weighted by Crippen LogP contribution is -2.28. The Morgan fingerprint density at radius 2 is 1.58 bits per heavy atom. The summed E-state index contributed by atoms with van der Waals surface area (Å²) in [5, 5.41) is 5.90. The van der Waals surface area contributed by atoms with Crippen molar-refractivity contribution >= 4 is 10.8 Å². The summed E-state index contributed by atoms with van der Waals surface area (Å²) in [6, 6.07) is 11.7. The molecule has 0 saturated heterocycles. The van der Waals surface area contributed by atoms with Crippen LogP contribution in [0.15, 0.2) is 41.2 Å². The molecule has 1 aromatic heterocycles. The fourth-order valence-corrected chi connectivity index (χ4v) is 3.64. The quantitative estimate of drug-likeness (QED) is 0.497. The molecule has 0 spiro atoms. The highest BCUT2D eigenvalue weighted by atomic mass is 16.5. The number of hydrogen-bond acceptors (Lipinski definition) is 6. The molecule has 0 aliphatic heterocycles. The molecule has 0 aliphatic rings. The molecule has 7 nitrogen and oxygen atoms in total. The van der Waals surface area contributed by atoms with Crippen LogP contribution in [0.5, 0.6) is 17.2 Å². The number of aromatic nitrogens is 2. The van der Waals surface area contributed by atoms with Gasteiger partial charge in [-0.05, 0) is 63.2 Å². The van der Waals surface area contributed by atoms with E-state index in [-0.39, 0.29) is 5.56 Å². The van der Waals surface area contributed by atoms with E-state index in [0.717, 1.165) is 42.8 Å². The van der Waals surface area contributed by atoms with Gasteiger partial charge in [-0.2, -0.15) is 5.10 Å². The van der Waals surface area contributed by atoms with Gasteiger partial charge in [0.2, 0.25) is 0 Å². The summed E-state index contributed by atoms with van der Waals surface area (Å²) in [5.74, 6) is 2.01. The first kappa shape index (κ1) is 22.6. The average Bonchev–Trinajstić information content (AvgIpc) is 2.80. The van der Waals surface area contributed by atoms with Gasteiger partial charge in [0.1, 0.15) is 5.75 Å². The van der Waals surface area contributed by atoms with Crippen LogP contribution in [0.25, 0.3) is 10.8 Å². The molecule has 3 rings (SSSR count). The Balaban J connectivity index is 1.62. The normalized spacial score (nSPS) is 11.2. The minimum Gasteiger partial charge on any atom is -0.497 e. The van der Waals surface area contributed by atoms with Crippen molar-refractivity contribution in [1.82, 2.24) is 14.7 Å². The summed E-state index contributed by atoms with van der Waals surface area (Å²) in [7, 11) is 6.92. The number of ether oxygens (including phenoxy) is 3. The van der Waals surface area contributed by atoms with E-state index >= 15 is 0 Å². The van der Waals surface area contributed by atoms with Crippen molar-refractivity contribution in [2.45, 2.75) is 26.3 Å². The molecule has 0 amide bonds. The number of likely N-dealkylation sites (N-methyl/N-ethyl adjacent to an activating group) is 1. The van der Waals surface area contributed by atoms with Crippen molar-refractivity contribution in [1.29, 1.82) is 0 Å². The van der Waals surface area contributed by atoms with E-state index in [1.807, 2.05) is 25.1 Å². The second-order valence-corrected chi connectivity index (χ2v) is 7.62. The van der Waals surface area contributed by atoms with Crippen molar-refractivity contribution in [3.63, 3.8) is 0 Å². The molecule has 0 aliphatic carbocycles. The fourth-order valence-electron chi connectivity index (χ4n) is 3.64. The molecule has 2 aromatic carbocycles. The molecule has 166 valence electrons. The molecule has 0 radical (unpaired) electrons. The van der Waals surface area contributed by atoms with Crippen LogP contribution in [0.2, 0.25) is 0 Å². The van der Waals surface area contributed by atoms with Crippen LogP contribution in [-0.2, 0) is 13.0 Å². The smallest absolute Gasteiger partial charge is 0.274 e. The standard InChI is InChI=1S/C24H31N3O4/c1-17-20-15-22(30-4)23(31-5)16-21(20)24(28)27(25-17)13-6-12-26(2)14-11-18-7-9-19(29-3)10-8-18/h7-10,15-16H,6,11-14H2,1-5H3. The first-order valence-electron chi connectivity index (χ1n) is 10.4. The molecule has 0 N–H and O–H groups in total. The van der Waals surface area contributed by atoms with Crippen molar-refractivity contribution < 1.29 is 14.2 Å². The van der Waals surface area contributed by atoms with E-state index in [1.165, 1.54) is 5.56 Å². The van der Waals surface area contributed by atoms with Gasteiger partial charge in [-0.1, -0.05) is 12.1 Å². The summed E-state index contributed by atoms with van der Waals surface area (Å²) in [6.07, 6.45) is 1.81. The zero-order chi connectivity index (χ0) is 22.4. The van der Waals surface area contributed by atoms with Gasteiger partial charge in [0.15, 0.2) is 11.5 Å². The van der Waals surface area contributed by atoms with Gasteiger partial charge in [-0.3, -0.25) is 4.79 Å². The second-order valence-electron chi connectivity index (χ2n) is 7.62. The van der Waals surface area contributed by atoms with Crippen molar-refractivity contribution in [3.05, 3.63) is 58.0 Å². The van der Waals surface area contributed by atoms with Crippen LogP contribution in [-0.4, -0.2) is 56.1 Å².